The van der Waals surface area contributed by atoms with Crippen LogP contribution in [0.1, 0.15) is 23.3 Å². The molecule has 1 unspecified atom stereocenters. The first-order valence-electron chi connectivity index (χ1n) is 5.75. The first-order valence-corrected chi connectivity index (χ1v) is 6.87. The smallest absolute Gasteiger partial charge is 0.270 e. The molecule has 1 amide bonds. The summed E-state index contributed by atoms with van der Waals surface area (Å²) in [5, 5.41) is 0.919. The number of H-pyrrole nitrogens is 1. The highest BCUT2D eigenvalue weighted by Gasteiger charge is 2.24. The van der Waals surface area contributed by atoms with Gasteiger partial charge in [-0.15, -0.1) is 0 Å². The maximum Gasteiger partial charge on any atom is 0.270 e. The van der Waals surface area contributed by atoms with E-state index in [0.717, 1.165) is 31.3 Å². The second kappa shape index (κ2) is 5.49. The molecule has 2 heterocycles. The minimum Gasteiger partial charge on any atom is -0.337 e. The summed E-state index contributed by atoms with van der Waals surface area (Å²) in [7, 11) is 0. The zero-order valence-electron chi connectivity index (χ0n) is 9.49. The lowest BCUT2D eigenvalue weighted by atomic mass is 10.00. The first kappa shape index (κ1) is 12.4. The predicted molar refractivity (Wildman–Crippen MR) is 69.5 cm³/mol. The molecule has 1 aliphatic heterocycles. The van der Waals surface area contributed by atoms with Crippen LogP contribution in [0, 0.1) is 5.92 Å². The van der Waals surface area contributed by atoms with E-state index in [9.17, 15) is 9.59 Å². The Kier molecular flexibility index (Phi) is 3.99. The Morgan fingerprint density at radius 1 is 1.53 bits per heavy atom. The Morgan fingerprint density at radius 3 is 3.06 bits per heavy atom. The third kappa shape index (κ3) is 2.97. The number of nitrogens with zero attached hydrogens (tertiary/aromatic N) is 1. The zero-order chi connectivity index (χ0) is 12.3. The third-order valence-corrected chi connectivity index (χ3v) is 3.94. The number of hydrogen-bond acceptors (Lipinski definition) is 2. The van der Waals surface area contributed by atoms with Gasteiger partial charge in [0, 0.05) is 24.5 Å². The van der Waals surface area contributed by atoms with Crippen molar-refractivity contribution in [3.63, 3.8) is 0 Å². The molecular formula is C12H15BrN2O2. The normalized spacial score (nSPS) is 20.3. The van der Waals surface area contributed by atoms with E-state index in [0.29, 0.717) is 11.6 Å². The van der Waals surface area contributed by atoms with E-state index in [2.05, 4.69) is 20.9 Å². The summed E-state index contributed by atoms with van der Waals surface area (Å²) in [5.74, 6) is 0.441. The molecule has 1 aromatic rings. The number of carbonyl (C=O) groups excluding carboxylic acids is 1. The second-order valence-electron chi connectivity index (χ2n) is 4.34. The minimum atomic E-state index is -0.232. The van der Waals surface area contributed by atoms with Crippen LogP contribution in [-0.4, -0.2) is 34.2 Å². The average Bonchev–Trinajstić information content (AvgIpc) is 2.38. The molecule has 1 saturated heterocycles. The molecule has 0 aliphatic carbocycles. The highest BCUT2D eigenvalue weighted by molar-refractivity contribution is 9.09. The molecule has 2 rings (SSSR count). The van der Waals surface area contributed by atoms with Gasteiger partial charge in [-0.25, -0.2) is 0 Å². The topological polar surface area (TPSA) is 53.2 Å². The second-order valence-corrected chi connectivity index (χ2v) is 4.99. The maximum absolute atomic E-state index is 12.2. The maximum atomic E-state index is 12.2. The number of carbonyl (C=O) groups is 1. The van der Waals surface area contributed by atoms with Crippen molar-refractivity contribution in [2.24, 2.45) is 5.92 Å². The van der Waals surface area contributed by atoms with Gasteiger partial charge in [0.25, 0.3) is 5.91 Å². The van der Waals surface area contributed by atoms with E-state index in [1.807, 2.05) is 4.90 Å². The fourth-order valence-corrected chi connectivity index (χ4v) is 2.65. The number of hydrogen-bond donors (Lipinski definition) is 1. The SMILES string of the molecule is O=C(c1cccc(=O)[nH]1)N1CCCC(CBr)C1. The van der Waals surface area contributed by atoms with Gasteiger partial charge in [0.2, 0.25) is 5.56 Å². The van der Waals surface area contributed by atoms with Gasteiger partial charge in [-0.2, -0.15) is 0 Å². The fourth-order valence-electron chi connectivity index (χ4n) is 2.12. The molecule has 5 heteroatoms. The summed E-state index contributed by atoms with van der Waals surface area (Å²) in [5.41, 5.74) is 0.151. The molecule has 0 radical (unpaired) electrons. The molecule has 4 nitrogen and oxygen atoms in total. The van der Waals surface area contributed by atoms with Crippen molar-refractivity contribution in [3.8, 4) is 0 Å². The fraction of sp³-hybridized carbons (Fsp3) is 0.500. The van der Waals surface area contributed by atoms with Crippen LogP contribution in [0.3, 0.4) is 0 Å². The molecule has 1 N–H and O–H groups in total. The van der Waals surface area contributed by atoms with Crippen molar-refractivity contribution in [2.45, 2.75) is 12.8 Å². The summed E-state index contributed by atoms with van der Waals surface area (Å²) < 4.78 is 0. The number of pyridine rings is 1. The van der Waals surface area contributed by atoms with Crippen LogP contribution >= 0.6 is 15.9 Å². The Bertz CT molecular complexity index is 458. The number of nitrogens with one attached hydrogen (secondary N) is 1. The number of amides is 1. The largest absolute Gasteiger partial charge is 0.337 e. The molecule has 1 fully saturated rings. The Labute approximate surface area is 108 Å². The minimum absolute atomic E-state index is 0.0756. The summed E-state index contributed by atoms with van der Waals surface area (Å²) in [6.07, 6.45) is 2.18. The van der Waals surface area contributed by atoms with Gasteiger partial charge in [0.15, 0.2) is 0 Å². The van der Waals surface area contributed by atoms with Crippen LogP contribution in [0.15, 0.2) is 23.0 Å². The van der Waals surface area contributed by atoms with E-state index in [1.54, 1.807) is 12.1 Å². The van der Waals surface area contributed by atoms with Gasteiger partial charge >= 0.3 is 0 Å². The standard InChI is InChI=1S/C12H15BrN2O2/c13-7-9-3-2-6-15(8-9)12(17)10-4-1-5-11(16)14-10/h1,4-5,9H,2-3,6-8H2,(H,14,16). The van der Waals surface area contributed by atoms with Crippen LogP contribution in [0.5, 0.6) is 0 Å². The summed E-state index contributed by atoms with van der Waals surface area (Å²) in [4.78, 5) is 27.7. The van der Waals surface area contributed by atoms with E-state index in [1.165, 1.54) is 6.07 Å². The van der Waals surface area contributed by atoms with Crippen LogP contribution in [0.4, 0.5) is 0 Å². The van der Waals surface area contributed by atoms with Gasteiger partial charge in [-0.05, 0) is 24.8 Å². The third-order valence-electron chi connectivity index (χ3n) is 3.02. The van der Waals surface area contributed by atoms with Crippen LogP contribution in [0.25, 0.3) is 0 Å². The predicted octanol–water partition coefficient (Wildman–Crippen LogP) is 1.62. The van der Waals surface area contributed by atoms with Crippen molar-refractivity contribution in [1.82, 2.24) is 9.88 Å². The van der Waals surface area contributed by atoms with E-state index >= 15 is 0 Å². The molecule has 0 aromatic carbocycles. The molecule has 92 valence electrons. The lowest BCUT2D eigenvalue weighted by molar-refractivity contribution is 0.0679. The lowest BCUT2D eigenvalue weighted by Gasteiger charge is -2.31. The molecule has 0 spiro atoms. The Morgan fingerprint density at radius 2 is 2.35 bits per heavy atom. The molecule has 17 heavy (non-hydrogen) atoms. The molecule has 0 bridgehead atoms. The number of likely N-dealkylation sites (tertiary alicyclic amines) is 1. The van der Waals surface area contributed by atoms with Crippen molar-refractivity contribution in [2.75, 3.05) is 18.4 Å². The zero-order valence-corrected chi connectivity index (χ0v) is 11.1. The van der Waals surface area contributed by atoms with Crippen molar-refractivity contribution < 1.29 is 4.79 Å². The number of piperidine rings is 1. The van der Waals surface area contributed by atoms with Crippen molar-refractivity contribution in [1.29, 1.82) is 0 Å². The molecule has 0 saturated carbocycles. The Hall–Kier alpha value is -1.10. The van der Waals surface area contributed by atoms with E-state index < -0.39 is 0 Å². The molecule has 1 atom stereocenters. The molecule has 1 aliphatic rings. The van der Waals surface area contributed by atoms with Crippen LogP contribution < -0.4 is 5.56 Å². The number of rotatable bonds is 2. The quantitative estimate of drug-likeness (QED) is 0.844. The van der Waals surface area contributed by atoms with Gasteiger partial charge < -0.3 is 9.88 Å². The van der Waals surface area contributed by atoms with Crippen LogP contribution in [-0.2, 0) is 0 Å². The monoisotopic (exact) mass is 298 g/mol. The van der Waals surface area contributed by atoms with Crippen molar-refractivity contribution in [3.05, 3.63) is 34.2 Å². The van der Waals surface area contributed by atoms with E-state index in [4.69, 9.17) is 0 Å². The number of halogens is 1. The lowest BCUT2D eigenvalue weighted by Crippen LogP contribution is -2.41. The van der Waals surface area contributed by atoms with E-state index in [-0.39, 0.29) is 11.5 Å². The average molecular weight is 299 g/mol. The summed E-state index contributed by atoms with van der Waals surface area (Å²) in [6.45, 7) is 1.54. The van der Waals surface area contributed by atoms with Crippen molar-refractivity contribution >= 4 is 21.8 Å². The first-order chi connectivity index (χ1) is 8.20. The molecular weight excluding hydrogens is 284 g/mol. The van der Waals surface area contributed by atoms with Gasteiger partial charge in [-0.3, -0.25) is 9.59 Å². The van der Waals surface area contributed by atoms with Gasteiger partial charge in [0.1, 0.15) is 5.69 Å². The van der Waals surface area contributed by atoms with Gasteiger partial charge in [0.05, 0.1) is 0 Å². The summed E-state index contributed by atoms with van der Waals surface area (Å²) >= 11 is 3.46. The number of alkyl halides is 1. The number of aromatic amines is 1. The Balaban J connectivity index is 2.12. The molecule has 1 aromatic heterocycles. The highest BCUT2D eigenvalue weighted by atomic mass is 79.9. The highest BCUT2D eigenvalue weighted by Crippen LogP contribution is 2.19. The number of aromatic nitrogens is 1. The summed E-state index contributed by atoms with van der Waals surface area (Å²) in [6, 6.07) is 4.67. The van der Waals surface area contributed by atoms with Crippen LogP contribution in [0.2, 0.25) is 0 Å². The van der Waals surface area contributed by atoms with Gasteiger partial charge in [-0.1, -0.05) is 22.0 Å².